The number of aliphatic hydroxyl groups excluding tert-OH is 2. The van der Waals surface area contributed by atoms with Crippen molar-refractivity contribution in [2.24, 2.45) is 23.2 Å². The average Bonchev–Trinajstić information content (AvgIpc) is 2.93. The summed E-state index contributed by atoms with van der Waals surface area (Å²) in [5, 5.41) is 18.7. The van der Waals surface area contributed by atoms with Crippen LogP contribution in [0.5, 0.6) is 0 Å². The first kappa shape index (κ1) is 32.0. The van der Waals surface area contributed by atoms with Gasteiger partial charge in [-0.2, -0.15) is 0 Å². The molecule has 0 aromatic heterocycles. The van der Waals surface area contributed by atoms with Crippen LogP contribution in [0.4, 0.5) is 0 Å². The van der Waals surface area contributed by atoms with E-state index >= 15 is 0 Å². The molecule has 2 N–H and O–H groups in total. The molecule has 2 rings (SSSR count). The predicted molar refractivity (Wildman–Crippen MR) is 151 cm³/mol. The molecule has 0 saturated heterocycles. The topological polar surface area (TPSA) is 93.1 Å². The number of hydrogen-bond acceptors (Lipinski definition) is 6. The molecule has 1 aliphatic rings. The highest BCUT2D eigenvalue weighted by Gasteiger charge is 2.40. The third-order valence-corrected chi connectivity index (χ3v) is 8.26. The highest BCUT2D eigenvalue weighted by molar-refractivity contribution is 5.86. The molecular weight excluding hydrogens is 480 g/mol. The number of unbranched alkanes of at least 4 members (excludes halogenated alkanes) is 2. The molecule has 0 heterocycles. The van der Waals surface area contributed by atoms with Crippen LogP contribution in [0.15, 0.2) is 36.4 Å². The molecule has 1 saturated carbocycles. The van der Waals surface area contributed by atoms with Crippen LogP contribution in [0.25, 0.3) is 0 Å². The van der Waals surface area contributed by atoms with Gasteiger partial charge in [0, 0.05) is 30.1 Å². The van der Waals surface area contributed by atoms with Crippen molar-refractivity contribution < 1.29 is 29.3 Å². The van der Waals surface area contributed by atoms with E-state index in [9.17, 15) is 19.8 Å². The molecule has 6 nitrogen and oxygen atoms in total. The van der Waals surface area contributed by atoms with E-state index in [1.807, 2.05) is 6.92 Å². The first-order chi connectivity index (χ1) is 18.1. The monoisotopic (exact) mass is 530 g/mol. The fourth-order valence-corrected chi connectivity index (χ4v) is 5.47. The van der Waals surface area contributed by atoms with Crippen molar-refractivity contribution in [1.29, 1.82) is 0 Å². The van der Waals surface area contributed by atoms with Gasteiger partial charge in [0.05, 0.1) is 5.92 Å². The highest BCUT2D eigenvalue weighted by atomic mass is 16.5. The van der Waals surface area contributed by atoms with Gasteiger partial charge in [-0.05, 0) is 74.8 Å². The van der Waals surface area contributed by atoms with Gasteiger partial charge in [0.15, 0.2) is 0 Å². The maximum absolute atomic E-state index is 12.7. The SMILES string of the molecule is C=C(C)C(=O)OCC(C)(COC(=O)C(C)CC(CO)CO)C1CCC(c2ccc(CCCCC)cc2)CC1. The number of carbonyl (C=O) groups is 2. The third-order valence-electron chi connectivity index (χ3n) is 8.26. The van der Waals surface area contributed by atoms with Gasteiger partial charge >= 0.3 is 11.9 Å². The lowest BCUT2D eigenvalue weighted by atomic mass is 9.67. The van der Waals surface area contributed by atoms with Crippen molar-refractivity contribution >= 4 is 11.9 Å². The molecule has 1 aromatic rings. The molecule has 1 aliphatic carbocycles. The minimum atomic E-state index is -0.512. The number of esters is 2. The summed E-state index contributed by atoms with van der Waals surface area (Å²) in [7, 11) is 0. The maximum atomic E-state index is 12.7. The average molecular weight is 531 g/mol. The summed E-state index contributed by atoms with van der Waals surface area (Å²) in [6.07, 6.45) is 9.26. The van der Waals surface area contributed by atoms with Crippen LogP contribution in [0, 0.1) is 23.2 Å². The molecule has 38 heavy (non-hydrogen) atoms. The van der Waals surface area contributed by atoms with E-state index in [-0.39, 0.29) is 44.2 Å². The molecule has 6 heteroatoms. The van der Waals surface area contributed by atoms with Crippen molar-refractivity contribution in [3.63, 3.8) is 0 Å². The Morgan fingerprint density at radius 3 is 2.18 bits per heavy atom. The van der Waals surface area contributed by atoms with Crippen LogP contribution >= 0.6 is 0 Å². The predicted octanol–water partition coefficient (Wildman–Crippen LogP) is 5.99. The second-order valence-electron chi connectivity index (χ2n) is 11.7. The number of carbonyl (C=O) groups excluding carboxylic acids is 2. The molecule has 214 valence electrons. The second kappa shape index (κ2) is 16.0. The lowest BCUT2D eigenvalue weighted by Gasteiger charge is -2.41. The van der Waals surface area contributed by atoms with Gasteiger partial charge in [0.2, 0.25) is 0 Å². The molecule has 0 radical (unpaired) electrons. The third kappa shape index (κ3) is 9.85. The van der Waals surface area contributed by atoms with E-state index in [2.05, 4.69) is 37.8 Å². The van der Waals surface area contributed by atoms with Gasteiger partial charge < -0.3 is 19.7 Å². The fourth-order valence-electron chi connectivity index (χ4n) is 5.47. The lowest BCUT2D eigenvalue weighted by Crippen LogP contribution is -2.41. The van der Waals surface area contributed by atoms with E-state index in [0.29, 0.717) is 17.9 Å². The first-order valence-electron chi connectivity index (χ1n) is 14.4. The zero-order valence-electron chi connectivity index (χ0n) is 24.0. The Kier molecular flexibility index (Phi) is 13.5. The summed E-state index contributed by atoms with van der Waals surface area (Å²) in [6.45, 7) is 11.3. The number of hydrogen-bond donors (Lipinski definition) is 2. The quantitative estimate of drug-likeness (QED) is 0.155. The van der Waals surface area contributed by atoms with Gasteiger partial charge in [-0.3, -0.25) is 4.79 Å². The number of ether oxygens (including phenoxy) is 2. The molecule has 0 amide bonds. The second-order valence-corrected chi connectivity index (χ2v) is 11.7. The molecule has 1 fully saturated rings. The summed E-state index contributed by atoms with van der Waals surface area (Å²) in [5.74, 6) is -0.826. The smallest absolute Gasteiger partial charge is 0.333 e. The van der Waals surface area contributed by atoms with Crippen LogP contribution in [-0.2, 0) is 25.5 Å². The molecule has 0 spiro atoms. The van der Waals surface area contributed by atoms with Crippen molar-refractivity contribution in [3.8, 4) is 0 Å². The molecule has 0 bridgehead atoms. The summed E-state index contributed by atoms with van der Waals surface area (Å²) in [4.78, 5) is 24.9. The number of benzene rings is 1. The normalized spacial score (nSPS) is 20.0. The minimum Gasteiger partial charge on any atom is -0.465 e. The van der Waals surface area contributed by atoms with Crippen LogP contribution in [0.1, 0.15) is 96.1 Å². The van der Waals surface area contributed by atoms with Crippen molar-refractivity contribution in [3.05, 3.63) is 47.5 Å². The molecule has 1 aromatic carbocycles. The Morgan fingerprint density at radius 1 is 1.03 bits per heavy atom. The Hall–Kier alpha value is -2.18. The van der Waals surface area contributed by atoms with E-state index < -0.39 is 17.3 Å². The minimum absolute atomic E-state index is 0.157. The van der Waals surface area contributed by atoms with Gasteiger partial charge in [-0.15, -0.1) is 0 Å². The first-order valence-corrected chi connectivity index (χ1v) is 14.4. The van der Waals surface area contributed by atoms with Crippen LogP contribution in [0.2, 0.25) is 0 Å². The van der Waals surface area contributed by atoms with Gasteiger partial charge in [0.25, 0.3) is 0 Å². The zero-order chi connectivity index (χ0) is 28.1. The molecule has 2 unspecified atom stereocenters. The maximum Gasteiger partial charge on any atom is 0.333 e. The number of aryl methyl sites for hydroxylation is 1. The Balaban J connectivity index is 2.01. The summed E-state index contributed by atoms with van der Waals surface area (Å²) in [5.41, 5.74) is 2.63. The van der Waals surface area contributed by atoms with Gasteiger partial charge in [-0.1, -0.05) is 64.5 Å². The van der Waals surface area contributed by atoms with E-state index in [1.165, 1.54) is 30.4 Å². The standard InChI is InChI=1S/C32H50O6/c1-6-7-8-9-25-10-12-27(13-11-25)28-14-16-29(17-15-28)32(5,21-37-30(35)23(2)3)22-38-31(36)24(4)18-26(19-33)20-34/h10-13,24,26,28-29,33-34H,2,6-9,14-22H2,1,3-5H3. The van der Waals surface area contributed by atoms with Crippen molar-refractivity contribution in [2.45, 2.75) is 91.4 Å². The van der Waals surface area contributed by atoms with Gasteiger partial charge in [0.1, 0.15) is 13.2 Å². The largest absolute Gasteiger partial charge is 0.465 e. The van der Waals surface area contributed by atoms with Crippen molar-refractivity contribution in [1.82, 2.24) is 0 Å². The molecule has 2 atom stereocenters. The zero-order valence-corrected chi connectivity index (χ0v) is 24.0. The van der Waals surface area contributed by atoms with E-state index in [1.54, 1.807) is 13.8 Å². The Morgan fingerprint density at radius 2 is 1.63 bits per heavy atom. The Labute approximate surface area is 229 Å². The summed E-state index contributed by atoms with van der Waals surface area (Å²) in [6, 6.07) is 9.12. The number of aliphatic hydroxyl groups is 2. The molecule has 0 aliphatic heterocycles. The van der Waals surface area contributed by atoms with E-state index in [4.69, 9.17) is 9.47 Å². The number of rotatable bonds is 16. The van der Waals surface area contributed by atoms with Crippen LogP contribution < -0.4 is 0 Å². The van der Waals surface area contributed by atoms with Gasteiger partial charge in [-0.25, -0.2) is 4.79 Å². The van der Waals surface area contributed by atoms with Crippen LogP contribution in [0.3, 0.4) is 0 Å². The lowest BCUT2D eigenvalue weighted by molar-refractivity contribution is -0.158. The van der Waals surface area contributed by atoms with Crippen LogP contribution in [-0.4, -0.2) is 48.6 Å². The fraction of sp³-hybridized carbons (Fsp3) is 0.688. The molecular formula is C32H50O6. The highest BCUT2D eigenvalue weighted by Crippen LogP contribution is 2.44. The Bertz CT molecular complexity index is 866. The van der Waals surface area contributed by atoms with E-state index in [0.717, 1.165) is 32.1 Å². The summed E-state index contributed by atoms with van der Waals surface area (Å²) >= 11 is 0. The summed E-state index contributed by atoms with van der Waals surface area (Å²) < 4.78 is 11.3. The van der Waals surface area contributed by atoms with Crippen molar-refractivity contribution in [2.75, 3.05) is 26.4 Å².